The summed E-state index contributed by atoms with van der Waals surface area (Å²) in [6.45, 7) is 0.156. The molecule has 2 aromatic rings. The smallest absolute Gasteiger partial charge is 0.303 e. The first kappa shape index (κ1) is 23.9. The van der Waals surface area contributed by atoms with Crippen molar-refractivity contribution in [3.05, 3.63) is 80.4 Å². The van der Waals surface area contributed by atoms with Crippen LogP contribution in [0.15, 0.2) is 54.1 Å². The number of nitro groups is 1. The second-order valence-electron chi connectivity index (χ2n) is 7.55. The molecule has 2 N–H and O–H groups in total. The van der Waals surface area contributed by atoms with Crippen molar-refractivity contribution in [1.82, 2.24) is 4.90 Å². The van der Waals surface area contributed by atoms with Crippen LogP contribution in [0.4, 0.5) is 5.69 Å². The van der Waals surface area contributed by atoms with E-state index in [0.717, 1.165) is 0 Å². The lowest BCUT2D eigenvalue weighted by molar-refractivity contribution is -0.384. The first-order chi connectivity index (χ1) is 15.7. The van der Waals surface area contributed by atoms with Gasteiger partial charge in [0.2, 0.25) is 0 Å². The lowest BCUT2D eigenvalue weighted by Gasteiger charge is -2.25. The van der Waals surface area contributed by atoms with E-state index in [1.807, 2.05) is 0 Å². The maximum absolute atomic E-state index is 12.9. The lowest BCUT2D eigenvalue weighted by atomic mass is 9.95. The molecule has 1 atom stereocenters. The average Bonchev–Trinajstić information content (AvgIpc) is 3.03. The van der Waals surface area contributed by atoms with Gasteiger partial charge < -0.3 is 15.1 Å². The van der Waals surface area contributed by atoms with Gasteiger partial charge in [0.15, 0.2) is 0 Å². The monoisotopic (exact) mass is 472 g/mol. The molecule has 1 aliphatic rings. The Bertz CT molecular complexity index is 1110. The van der Waals surface area contributed by atoms with E-state index in [1.165, 1.54) is 53.4 Å². The molecule has 0 saturated carbocycles. The normalized spacial score (nSPS) is 17.4. The minimum Gasteiger partial charge on any atom is -0.507 e. The molecule has 10 heteroatoms. The Balaban J connectivity index is 1.99. The van der Waals surface area contributed by atoms with Crippen LogP contribution in [0.5, 0.6) is 0 Å². The number of carbonyl (C=O) groups is 3. The number of carbonyl (C=O) groups excluding carboxylic acids is 2. The molecule has 172 valence electrons. The molecule has 0 aromatic heterocycles. The van der Waals surface area contributed by atoms with Gasteiger partial charge in [-0.3, -0.25) is 24.5 Å². The molecule has 3 rings (SSSR count). The fourth-order valence-electron chi connectivity index (χ4n) is 3.73. The molecule has 1 unspecified atom stereocenters. The Morgan fingerprint density at radius 3 is 2.21 bits per heavy atom. The maximum atomic E-state index is 12.9. The summed E-state index contributed by atoms with van der Waals surface area (Å²) >= 11 is 5.90. The van der Waals surface area contributed by atoms with Crippen LogP contribution in [-0.4, -0.2) is 44.2 Å². The summed E-state index contributed by atoms with van der Waals surface area (Å²) in [7, 11) is 0. The van der Waals surface area contributed by atoms with E-state index in [9.17, 15) is 29.6 Å². The van der Waals surface area contributed by atoms with Crippen molar-refractivity contribution in [2.45, 2.75) is 31.7 Å². The lowest BCUT2D eigenvalue weighted by Crippen LogP contribution is -2.30. The molecule has 0 radical (unpaired) electrons. The molecule has 1 aliphatic heterocycles. The number of aliphatic hydroxyl groups excluding tert-OH is 1. The summed E-state index contributed by atoms with van der Waals surface area (Å²) in [4.78, 5) is 48.2. The van der Waals surface area contributed by atoms with E-state index in [1.54, 1.807) is 0 Å². The van der Waals surface area contributed by atoms with Gasteiger partial charge >= 0.3 is 5.97 Å². The van der Waals surface area contributed by atoms with Crippen molar-refractivity contribution in [2.24, 2.45) is 0 Å². The quantitative estimate of drug-likeness (QED) is 0.138. The van der Waals surface area contributed by atoms with Crippen LogP contribution in [0.25, 0.3) is 5.76 Å². The number of nitrogens with zero attached hydrogens (tertiary/aromatic N) is 2. The van der Waals surface area contributed by atoms with Gasteiger partial charge in [0.05, 0.1) is 16.5 Å². The van der Waals surface area contributed by atoms with Crippen molar-refractivity contribution in [3.63, 3.8) is 0 Å². The number of non-ortho nitro benzene ring substituents is 1. The van der Waals surface area contributed by atoms with E-state index in [0.29, 0.717) is 35.4 Å². The second-order valence-corrected chi connectivity index (χ2v) is 7.99. The Morgan fingerprint density at radius 1 is 1.00 bits per heavy atom. The molecule has 1 saturated heterocycles. The van der Waals surface area contributed by atoms with Gasteiger partial charge in [0.1, 0.15) is 5.76 Å². The first-order valence-corrected chi connectivity index (χ1v) is 10.6. The van der Waals surface area contributed by atoms with Crippen LogP contribution in [0.3, 0.4) is 0 Å². The fourth-order valence-corrected chi connectivity index (χ4v) is 3.86. The van der Waals surface area contributed by atoms with Gasteiger partial charge in [-0.05, 0) is 54.8 Å². The minimum absolute atomic E-state index is 0.00116. The van der Waals surface area contributed by atoms with Crippen molar-refractivity contribution >= 4 is 40.7 Å². The van der Waals surface area contributed by atoms with Gasteiger partial charge in [0.25, 0.3) is 17.4 Å². The highest BCUT2D eigenvalue weighted by molar-refractivity contribution is 6.46. The predicted octanol–water partition coefficient (Wildman–Crippen LogP) is 4.31. The number of halogens is 1. The van der Waals surface area contributed by atoms with Gasteiger partial charge in [-0.2, -0.15) is 0 Å². The van der Waals surface area contributed by atoms with Crippen LogP contribution in [0, 0.1) is 10.1 Å². The zero-order valence-corrected chi connectivity index (χ0v) is 18.2. The molecule has 0 bridgehead atoms. The average molecular weight is 473 g/mol. The molecule has 1 heterocycles. The topological polar surface area (TPSA) is 138 Å². The summed E-state index contributed by atoms with van der Waals surface area (Å²) in [6, 6.07) is 10.6. The highest BCUT2D eigenvalue weighted by Crippen LogP contribution is 2.40. The van der Waals surface area contributed by atoms with E-state index >= 15 is 0 Å². The zero-order valence-electron chi connectivity index (χ0n) is 17.4. The van der Waals surface area contributed by atoms with Gasteiger partial charge in [0, 0.05) is 35.7 Å². The number of amides is 1. The summed E-state index contributed by atoms with van der Waals surface area (Å²) in [5, 5.41) is 31.2. The van der Waals surface area contributed by atoms with E-state index in [-0.39, 0.29) is 30.0 Å². The maximum Gasteiger partial charge on any atom is 0.303 e. The van der Waals surface area contributed by atoms with Crippen LogP contribution in [0.2, 0.25) is 5.02 Å². The Morgan fingerprint density at radius 2 is 1.64 bits per heavy atom. The fraction of sp³-hybridized carbons (Fsp3) is 0.261. The van der Waals surface area contributed by atoms with Gasteiger partial charge in [-0.15, -0.1) is 0 Å². The summed E-state index contributed by atoms with van der Waals surface area (Å²) < 4.78 is 0. The third-order valence-electron chi connectivity index (χ3n) is 5.37. The van der Waals surface area contributed by atoms with Crippen molar-refractivity contribution in [3.8, 4) is 0 Å². The standard InChI is InChI=1S/C23H21ClN2O7/c24-16-9-5-15(6-10-16)21(29)19-20(14-7-11-17(12-8-14)26(32)33)25(23(31)22(19)30)13-3-1-2-4-18(27)28/h5-12,20,29H,1-4,13H2,(H,27,28)/b21-19-. The van der Waals surface area contributed by atoms with E-state index in [4.69, 9.17) is 16.7 Å². The third kappa shape index (κ3) is 5.38. The second kappa shape index (κ2) is 10.3. The van der Waals surface area contributed by atoms with E-state index in [2.05, 4.69) is 0 Å². The number of aliphatic carboxylic acids is 1. The predicted molar refractivity (Wildman–Crippen MR) is 120 cm³/mol. The number of nitro benzene ring substituents is 1. The van der Waals surface area contributed by atoms with Crippen LogP contribution in [0.1, 0.15) is 42.9 Å². The number of carboxylic acids is 1. The van der Waals surface area contributed by atoms with Crippen LogP contribution < -0.4 is 0 Å². The third-order valence-corrected chi connectivity index (χ3v) is 5.62. The number of aliphatic hydroxyl groups is 1. The van der Waals surface area contributed by atoms with Crippen molar-refractivity contribution in [2.75, 3.05) is 6.54 Å². The number of Topliss-reactive ketones (excluding diaryl/α,β-unsaturated/α-hetero) is 1. The molecule has 0 aliphatic carbocycles. The Kier molecular flexibility index (Phi) is 7.44. The number of benzene rings is 2. The molecule has 33 heavy (non-hydrogen) atoms. The molecule has 1 fully saturated rings. The summed E-state index contributed by atoms with van der Waals surface area (Å²) in [5.41, 5.74) is 0.454. The number of carboxylic acid groups (broad SMARTS) is 1. The largest absolute Gasteiger partial charge is 0.507 e. The molecule has 0 spiro atoms. The summed E-state index contributed by atoms with van der Waals surface area (Å²) in [5.74, 6) is -2.95. The first-order valence-electron chi connectivity index (χ1n) is 10.2. The Hall–Kier alpha value is -3.72. The van der Waals surface area contributed by atoms with E-state index < -0.39 is 28.6 Å². The van der Waals surface area contributed by atoms with Gasteiger partial charge in [-0.1, -0.05) is 18.0 Å². The number of hydrogen-bond acceptors (Lipinski definition) is 6. The number of rotatable bonds is 9. The molecular weight excluding hydrogens is 452 g/mol. The highest BCUT2D eigenvalue weighted by Gasteiger charge is 2.45. The highest BCUT2D eigenvalue weighted by atomic mass is 35.5. The molecule has 1 amide bonds. The van der Waals surface area contributed by atoms with Gasteiger partial charge in [-0.25, -0.2) is 0 Å². The zero-order chi connectivity index (χ0) is 24.1. The van der Waals surface area contributed by atoms with Crippen molar-refractivity contribution < 1.29 is 29.5 Å². The number of ketones is 1. The Labute approximate surface area is 194 Å². The van der Waals surface area contributed by atoms with Crippen LogP contribution >= 0.6 is 11.6 Å². The number of hydrogen-bond donors (Lipinski definition) is 2. The minimum atomic E-state index is -0.944. The molecule has 2 aromatic carbocycles. The number of unbranched alkanes of at least 4 members (excludes halogenated alkanes) is 2. The van der Waals surface area contributed by atoms with Crippen LogP contribution in [-0.2, 0) is 14.4 Å². The SMILES string of the molecule is O=C(O)CCCCCN1C(=O)C(=O)/C(=C(\O)c2ccc(Cl)cc2)C1c1ccc([N+](=O)[O-])cc1. The number of likely N-dealkylation sites (tertiary alicyclic amines) is 1. The molecule has 9 nitrogen and oxygen atoms in total. The summed E-state index contributed by atoms with van der Waals surface area (Å²) in [6.07, 6.45) is 1.40. The molecular formula is C23H21ClN2O7. The van der Waals surface area contributed by atoms with Crippen molar-refractivity contribution in [1.29, 1.82) is 0 Å².